The highest BCUT2D eigenvalue weighted by molar-refractivity contribution is 5.76. The smallest absolute Gasteiger partial charge is 0.220 e. The van der Waals surface area contributed by atoms with E-state index in [1.54, 1.807) is 0 Å². The number of unbranched alkanes of at least 4 members (excludes halogenated alkanes) is 29. The van der Waals surface area contributed by atoms with Crippen LogP contribution in [-0.2, 0) is 4.79 Å². The number of nitrogens with one attached hydrogen (secondary N) is 1. The van der Waals surface area contributed by atoms with Crippen molar-refractivity contribution in [3.8, 4) is 0 Å². The van der Waals surface area contributed by atoms with E-state index in [2.05, 4.69) is 19.2 Å². The van der Waals surface area contributed by atoms with Crippen LogP contribution in [0.15, 0.2) is 0 Å². The highest BCUT2D eigenvalue weighted by Gasteiger charge is 2.26. The maximum Gasteiger partial charge on any atom is 0.220 e. The average Bonchev–Trinajstić information content (AvgIpc) is 3.04. The number of hydrogen-bond acceptors (Lipinski definition) is 4. The molecule has 0 saturated carbocycles. The fourth-order valence-electron chi connectivity index (χ4n) is 6.52. The molecular formula is C40H81NO4. The third kappa shape index (κ3) is 31.7. The Balaban J connectivity index is 3.53. The van der Waals surface area contributed by atoms with Crippen molar-refractivity contribution in [2.24, 2.45) is 0 Å². The van der Waals surface area contributed by atoms with Gasteiger partial charge >= 0.3 is 0 Å². The predicted molar refractivity (Wildman–Crippen MR) is 195 cm³/mol. The van der Waals surface area contributed by atoms with Gasteiger partial charge in [0, 0.05) is 6.42 Å². The molecule has 270 valence electrons. The van der Waals surface area contributed by atoms with Crippen LogP contribution in [0, 0.1) is 0 Å². The summed E-state index contributed by atoms with van der Waals surface area (Å²) in [5.74, 6) is -0.142. The molecule has 0 bridgehead atoms. The molecule has 45 heavy (non-hydrogen) atoms. The highest BCUT2D eigenvalue weighted by atomic mass is 16.3. The van der Waals surface area contributed by atoms with Gasteiger partial charge in [0.2, 0.25) is 5.91 Å². The van der Waals surface area contributed by atoms with Gasteiger partial charge < -0.3 is 20.6 Å². The molecule has 0 aliphatic rings. The Morgan fingerprint density at radius 3 is 1.07 bits per heavy atom. The number of rotatable bonds is 37. The lowest BCUT2D eigenvalue weighted by Gasteiger charge is -2.26. The summed E-state index contributed by atoms with van der Waals surface area (Å²) in [6.07, 6.45) is 39.3. The number of carbonyl (C=O) groups excluding carboxylic acids is 1. The molecule has 0 heterocycles. The normalized spacial score (nSPS) is 13.6. The van der Waals surface area contributed by atoms with E-state index < -0.39 is 18.2 Å². The number of amides is 1. The van der Waals surface area contributed by atoms with Crippen LogP contribution in [0.25, 0.3) is 0 Å². The van der Waals surface area contributed by atoms with E-state index in [0.717, 1.165) is 38.5 Å². The molecule has 0 aliphatic heterocycles. The van der Waals surface area contributed by atoms with Gasteiger partial charge in [0.15, 0.2) is 0 Å². The second-order valence-electron chi connectivity index (χ2n) is 14.2. The van der Waals surface area contributed by atoms with Gasteiger partial charge in [0.1, 0.15) is 6.10 Å². The Morgan fingerprint density at radius 2 is 0.756 bits per heavy atom. The monoisotopic (exact) mass is 640 g/mol. The largest absolute Gasteiger partial charge is 0.394 e. The molecule has 0 aromatic carbocycles. The average molecular weight is 640 g/mol. The first-order valence-electron chi connectivity index (χ1n) is 20.3. The quantitative estimate of drug-likeness (QED) is 0.0509. The van der Waals surface area contributed by atoms with Crippen molar-refractivity contribution in [1.29, 1.82) is 0 Å². The zero-order valence-electron chi connectivity index (χ0n) is 30.5. The van der Waals surface area contributed by atoms with Crippen molar-refractivity contribution in [3.63, 3.8) is 0 Å². The molecule has 0 fully saturated rings. The topological polar surface area (TPSA) is 89.8 Å². The van der Waals surface area contributed by atoms with E-state index in [9.17, 15) is 20.1 Å². The molecule has 0 aromatic rings. The van der Waals surface area contributed by atoms with E-state index in [4.69, 9.17) is 0 Å². The standard InChI is InChI=1S/C40H81NO4/c1-3-5-7-9-11-13-14-15-16-17-18-19-20-21-22-23-24-25-27-29-31-33-35-39(44)41-37(36-42)40(45)38(43)34-32-30-28-26-12-10-8-6-4-2/h37-38,40,42-43,45H,3-36H2,1-2H3,(H,41,44). The summed E-state index contributed by atoms with van der Waals surface area (Å²) in [5, 5.41) is 33.3. The first-order chi connectivity index (χ1) is 22.1. The molecule has 5 heteroatoms. The van der Waals surface area contributed by atoms with E-state index in [0.29, 0.717) is 12.8 Å². The van der Waals surface area contributed by atoms with Crippen molar-refractivity contribution in [1.82, 2.24) is 5.32 Å². The van der Waals surface area contributed by atoms with Crippen LogP contribution in [0.3, 0.4) is 0 Å². The van der Waals surface area contributed by atoms with Gasteiger partial charge in [-0.15, -0.1) is 0 Å². The third-order valence-corrected chi connectivity index (χ3v) is 9.71. The molecule has 0 aromatic heterocycles. The Labute approximate surface area is 281 Å². The lowest BCUT2D eigenvalue weighted by molar-refractivity contribution is -0.124. The van der Waals surface area contributed by atoms with Gasteiger partial charge in [0.25, 0.3) is 0 Å². The SMILES string of the molecule is CCCCCCCCCCCCCCCCCCCCCCCCC(=O)NC(CO)C(O)C(O)CCCCCCCCCCC. The summed E-state index contributed by atoms with van der Waals surface area (Å²) in [4.78, 5) is 12.4. The van der Waals surface area contributed by atoms with Crippen LogP contribution in [0.2, 0.25) is 0 Å². The van der Waals surface area contributed by atoms with Crippen molar-refractivity contribution in [3.05, 3.63) is 0 Å². The van der Waals surface area contributed by atoms with Gasteiger partial charge in [-0.3, -0.25) is 4.79 Å². The fraction of sp³-hybridized carbons (Fsp3) is 0.975. The van der Waals surface area contributed by atoms with E-state index in [1.807, 2.05) is 0 Å². The minimum absolute atomic E-state index is 0.142. The second-order valence-corrected chi connectivity index (χ2v) is 14.2. The summed E-state index contributed by atoms with van der Waals surface area (Å²) >= 11 is 0. The summed E-state index contributed by atoms with van der Waals surface area (Å²) in [7, 11) is 0. The zero-order chi connectivity index (χ0) is 33.1. The van der Waals surface area contributed by atoms with E-state index >= 15 is 0 Å². The second kappa shape index (κ2) is 36.2. The molecule has 1 amide bonds. The Hall–Kier alpha value is -0.650. The highest BCUT2D eigenvalue weighted by Crippen LogP contribution is 2.16. The van der Waals surface area contributed by atoms with Crippen LogP contribution >= 0.6 is 0 Å². The van der Waals surface area contributed by atoms with Crippen LogP contribution < -0.4 is 5.32 Å². The predicted octanol–water partition coefficient (Wildman–Crippen LogP) is 11.1. The van der Waals surface area contributed by atoms with Crippen LogP contribution in [0.5, 0.6) is 0 Å². The Kier molecular flexibility index (Phi) is 35.7. The molecule has 0 saturated heterocycles. The summed E-state index contributed by atoms with van der Waals surface area (Å²) in [5.41, 5.74) is 0. The van der Waals surface area contributed by atoms with Crippen molar-refractivity contribution in [2.45, 2.75) is 244 Å². The summed E-state index contributed by atoms with van der Waals surface area (Å²) in [6, 6.07) is -0.800. The molecule has 3 unspecified atom stereocenters. The molecule has 5 nitrogen and oxygen atoms in total. The first-order valence-corrected chi connectivity index (χ1v) is 20.3. The van der Waals surface area contributed by atoms with Gasteiger partial charge in [-0.1, -0.05) is 206 Å². The number of aliphatic hydroxyl groups excluding tert-OH is 3. The van der Waals surface area contributed by atoms with Gasteiger partial charge in [-0.05, 0) is 12.8 Å². The molecule has 0 rings (SSSR count). The molecular weight excluding hydrogens is 558 g/mol. The zero-order valence-corrected chi connectivity index (χ0v) is 30.5. The maximum atomic E-state index is 12.4. The molecule has 4 N–H and O–H groups in total. The van der Waals surface area contributed by atoms with Crippen molar-refractivity contribution >= 4 is 5.91 Å². The Morgan fingerprint density at radius 1 is 0.467 bits per heavy atom. The lowest BCUT2D eigenvalue weighted by Crippen LogP contribution is -2.50. The minimum Gasteiger partial charge on any atom is -0.394 e. The van der Waals surface area contributed by atoms with Crippen LogP contribution in [-0.4, -0.2) is 46.1 Å². The molecule has 0 radical (unpaired) electrons. The number of hydrogen-bond donors (Lipinski definition) is 4. The Bertz CT molecular complexity index is 587. The van der Waals surface area contributed by atoms with Gasteiger partial charge in [-0.25, -0.2) is 0 Å². The van der Waals surface area contributed by atoms with Gasteiger partial charge in [0.05, 0.1) is 18.8 Å². The molecule has 3 atom stereocenters. The summed E-state index contributed by atoms with van der Waals surface area (Å²) in [6.45, 7) is 4.16. The van der Waals surface area contributed by atoms with Crippen LogP contribution in [0.4, 0.5) is 0 Å². The lowest BCUT2D eigenvalue weighted by atomic mass is 9.99. The van der Waals surface area contributed by atoms with Crippen molar-refractivity contribution in [2.75, 3.05) is 6.61 Å². The van der Waals surface area contributed by atoms with Gasteiger partial charge in [-0.2, -0.15) is 0 Å². The third-order valence-electron chi connectivity index (χ3n) is 9.71. The minimum atomic E-state index is -1.13. The number of carbonyl (C=O) groups is 1. The first kappa shape index (κ1) is 44.4. The maximum absolute atomic E-state index is 12.4. The van der Waals surface area contributed by atoms with E-state index in [1.165, 1.54) is 161 Å². The van der Waals surface area contributed by atoms with E-state index in [-0.39, 0.29) is 12.5 Å². The molecule has 0 aliphatic carbocycles. The fourth-order valence-corrected chi connectivity index (χ4v) is 6.52. The summed E-state index contributed by atoms with van der Waals surface area (Å²) < 4.78 is 0. The van der Waals surface area contributed by atoms with Crippen molar-refractivity contribution < 1.29 is 20.1 Å². The number of aliphatic hydroxyl groups is 3. The van der Waals surface area contributed by atoms with Crippen LogP contribution in [0.1, 0.15) is 226 Å². The molecule has 0 spiro atoms.